The van der Waals surface area contributed by atoms with Crippen LogP contribution in [0.15, 0.2) is 30.9 Å². The first-order valence-electron chi connectivity index (χ1n) is 5.47. The predicted octanol–water partition coefficient (Wildman–Crippen LogP) is 3.32. The van der Waals surface area contributed by atoms with Gasteiger partial charge in [0.05, 0.1) is 10.7 Å². The van der Waals surface area contributed by atoms with Crippen LogP contribution in [0.4, 0.5) is 5.69 Å². The Labute approximate surface area is 103 Å². The minimum absolute atomic E-state index is 0.636. The van der Waals surface area contributed by atoms with Crippen LogP contribution in [-0.4, -0.2) is 18.5 Å². The second-order valence-electron chi connectivity index (χ2n) is 4.02. The summed E-state index contributed by atoms with van der Waals surface area (Å²) in [5, 5.41) is 0.636. The highest BCUT2D eigenvalue weighted by molar-refractivity contribution is 6.33. The predicted molar refractivity (Wildman–Crippen MR) is 71.6 cm³/mol. The van der Waals surface area contributed by atoms with Gasteiger partial charge in [0.2, 0.25) is 0 Å². The third-order valence-corrected chi connectivity index (χ3v) is 2.79. The van der Waals surface area contributed by atoms with E-state index in [0.717, 1.165) is 25.9 Å². The van der Waals surface area contributed by atoms with E-state index in [1.165, 1.54) is 5.56 Å². The Morgan fingerprint density at radius 3 is 2.88 bits per heavy atom. The van der Waals surface area contributed by atoms with Crippen LogP contribution in [0.25, 0.3) is 0 Å². The third kappa shape index (κ3) is 4.25. The van der Waals surface area contributed by atoms with Crippen molar-refractivity contribution in [2.24, 2.45) is 0 Å². The maximum Gasteiger partial charge on any atom is 0.0638 e. The van der Waals surface area contributed by atoms with Crippen LogP contribution in [0.2, 0.25) is 5.02 Å². The molecule has 0 fully saturated rings. The number of nitrogens with two attached hydrogens (primary N) is 1. The molecule has 1 aromatic carbocycles. The summed E-state index contributed by atoms with van der Waals surface area (Å²) in [7, 11) is 2.10. The van der Waals surface area contributed by atoms with Gasteiger partial charge in [0.1, 0.15) is 0 Å². The fourth-order valence-corrected chi connectivity index (χ4v) is 1.77. The Morgan fingerprint density at radius 1 is 1.50 bits per heavy atom. The summed E-state index contributed by atoms with van der Waals surface area (Å²) in [6.45, 7) is 5.68. The molecule has 16 heavy (non-hydrogen) atoms. The molecule has 2 N–H and O–H groups in total. The number of halogens is 1. The number of hydrogen-bond acceptors (Lipinski definition) is 2. The molecule has 1 aromatic rings. The Hall–Kier alpha value is -0.990. The summed E-state index contributed by atoms with van der Waals surface area (Å²) in [6.07, 6.45) is 4.16. The first kappa shape index (κ1) is 13.1. The smallest absolute Gasteiger partial charge is 0.0638 e. The molecule has 2 nitrogen and oxygen atoms in total. The van der Waals surface area contributed by atoms with Crippen molar-refractivity contribution in [3.05, 3.63) is 41.4 Å². The lowest BCUT2D eigenvalue weighted by Gasteiger charge is -2.16. The van der Waals surface area contributed by atoms with E-state index in [2.05, 4.69) is 18.5 Å². The van der Waals surface area contributed by atoms with Gasteiger partial charge in [-0.25, -0.2) is 0 Å². The molecule has 88 valence electrons. The lowest BCUT2D eigenvalue weighted by Crippen LogP contribution is -2.18. The molecule has 0 aliphatic carbocycles. The van der Waals surface area contributed by atoms with Crippen LogP contribution in [0.3, 0.4) is 0 Å². The van der Waals surface area contributed by atoms with Crippen LogP contribution in [0.1, 0.15) is 18.4 Å². The molecule has 0 aliphatic rings. The van der Waals surface area contributed by atoms with Gasteiger partial charge < -0.3 is 10.6 Å². The first-order chi connectivity index (χ1) is 7.63. The van der Waals surface area contributed by atoms with E-state index in [-0.39, 0.29) is 0 Å². The number of rotatable bonds is 6. The molecular formula is C13H19ClN2. The van der Waals surface area contributed by atoms with Crippen molar-refractivity contribution in [2.45, 2.75) is 19.4 Å². The summed E-state index contributed by atoms with van der Waals surface area (Å²) < 4.78 is 0. The van der Waals surface area contributed by atoms with E-state index in [4.69, 9.17) is 17.3 Å². The zero-order chi connectivity index (χ0) is 12.0. The molecule has 0 bridgehead atoms. The quantitative estimate of drug-likeness (QED) is 0.468. The van der Waals surface area contributed by atoms with Gasteiger partial charge >= 0.3 is 0 Å². The number of nitrogens with zero attached hydrogens (tertiary/aromatic N) is 1. The maximum atomic E-state index is 5.97. The molecule has 0 aliphatic heterocycles. The largest absolute Gasteiger partial charge is 0.398 e. The van der Waals surface area contributed by atoms with E-state index >= 15 is 0 Å². The van der Waals surface area contributed by atoms with Crippen molar-refractivity contribution in [3.63, 3.8) is 0 Å². The molecule has 0 saturated heterocycles. The molecule has 3 heteroatoms. The van der Waals surface area contributed by atoms with Crippen LogP contribution in [-0.2, 0) is 6.54 Å². The van der Waals surface area contributed by atoms with Gasteiger partial charge in [-0.15, -0.1) is 6.58 Å². The molecule has 0 aromatic heterocycles. The monoisotopic (exact) mass is 238 g/mol. The lowest BCUT2D eigenvalue weighted by atomic mass is 10.2. The fourth-order valence-electron chi connectivity index (χ4n) is 1.57. The zero-order valence-corrected chi connectivity index (χ0v) is 10.5. The molecule has 0 saturated carbocycles. The molecular weight excluding hydrogens is 220 g/mol. The number of hydrogen-bond donors (Lipinski definition) is 1. The SMILES string of the molecule is C=CCCCN(C)Cc1ccc(N)c(Cl)c1. The molecule has 0 radical (unpaired) electrons. The highest BCUT2D eigenvalue weighted by Gasteiger charge is 2.02. The van der Waals surface area contributed by atoms with Crippen molar-refractivity contribution in [1.29, 1.82) is 0 Å². The van der Waals surface area contributed by atoms with Crippen LogP contribution >= 0.6 is 11.6 Å². The Kier molecular flexibility index (Phi) is 5.36. The average molecular weight is 239 g/mol. The van der Waals surface area contributed by atoms with Crippen molar-refractivity contribution >= 4 is 17.3 Å². The van der Waals surface area contributed by atoms with E-state index in [1.807, 2.05) is 24.3 Å². The van der Waals surface area contributed by atoms with Crippen LogP contribution in [0.5, 0.6) is 0 Å². The van der Waals surface area contributed by atoms with Gasteiger partial charge in [0.25, 0.3) is 0 Å². The average Bonchev–Trinajstić information content (AvgIpc) is 2.24. The minimum Gasteiger partial charge on any atom is -0.398 e. The van der Waals surface area contributed by atoms with Gasteiger partial charge in [-0.3, -0.25) is 0 Å². The number of anilines is 1. The van der Waals surface area contributed by atoms with Crippen molar-refractivity contribution in [2.75, 3.05) is 19.3 Å². The first-order valence-corrected chi connectivity index (χ1v) is 5.84. The summed E-state index contributed by atoms with van der Waals surface area (Å²) in [5.41, 5.74) is 7.49. The van der Waals surface area contributed by atoms with Gasteiger partial charge in [0.15, 0.2) is 0 Å². The normalized spacial score (nSPS) is 10.7. The summed E-state index contributed by atoms with van der Waals surface area (Å²) in [4.78, 5) is 2.27. The van der Waals surface area contributed by atoms with Crippen molar-refractivity contribution in [3.8, 4) is 0 Å². The lowest BCUT2D eigenvalue weighted by molar-refractivity contribution is 0.323. The second kappa shape index (κ2) is 6.56. The van der Waals surface area contributed by atoms with Gasteiger partial charge in [-0.1, -0.05) is 23.7 Å². The molecule has 0 heterocycles. The zero-order valence-electron chi connectivity index (χ0n) is 9.75. The molecule has 0 amide bonds. The Balaban J connectivity index is 2.46. The summed E-state index contributed by atoms with van der Waals surface area (Å²) in [5.74, 6) is 0. The number of allylic oxidation sites excluding steroid dienone is 1. The number of benzene rings is 1. The highest BCUT2D eigenvalue weighted by atomic mass is 35.5. The van der Waals surface area contributed by atoms with E-state index in [0.29, 0.717) is 10.7 Å². The Bertz CT molecular complexity index is 350. The van der Waals surface area contributed by atoms with Crippen molar-refractivity contribution in [1.82, 2.24) is 4.90 Å². The molecule has 0 unspecified atom stereocenters. The highest BCUT2D eigenvalue weighted by Crippen LogP contribution is 2.20. The summed E-state index contributed by atoms with van der Waals surface area (Å²) >= 11 is 5.97. The molecule has 1 rings (SSSR count). The number of unbranched alkanes of at least 4 members (excludes halogenated alkanes) is 1. The molecule has 0 atom stereocenters. The summed E-state index contributed by atoms with van der Waals surface area (Å²) in [6, 6.07) is 5.81. The van der Waals surface area contributed by atoms with Crippen LogP contribution in [0, 0.1) is 0 Å². The standard InChI is InChI=1S/C13H19ClN2/c1-3-4-5-8-16(2)10-11-6-7-13(15)12(14)9-11/h3,6-7,9H,1,4-5,8,10,15H2,2H3. The second-order valence-corrected chi connectivity index (χ2v) is 4.43. The minimum atomic E-state index is 0.636. The molecule has 0 spiro atoms. The van der Waals surface area contributed by atoms with Gasteiger partial charge in [0, 0.05) is 6.54 Å². The third-order valence-electron chi connectivity index (χ3n) is 2.47. The van der Waals surface area contributed by atoms with E-state index < -0.39 is 0 Å². The van der Waals surface area contributed by atoms with Crippen LogP contribution < -0.4 is 5.73 Å². The topological polar surface area (TPSA) is 29.3 Å². The fraction of sp³-hybridized carbons (Fsp3) is 0.385. The van der Waals surface area contributed by atoms with E-state index in [9.17, 15) is 0 Å². The van der Waals surface area contributed by atoms with Crippen molar-refractivity contribution < 1.29 is 0 Å². The van der Waals surface area contributed by atoms with Gasteiger partial charge in [-0.05, 0) is 44.1 Å². The Morgan fingerprint density at radius 2 is 2.25 bits per heavy atom. The van der Waals surface area contributed by atoms with E-state index in [1.54, 1.807) is 0 Å². The number of nitrogen functional groups attached to an aromatic ring is 1. The maximum absolute atomic E-state index is 5.97. The van der Waals surface area contributed by atoms with Gasteiger partial charge in [-0.2, -0.15) is 0 Å².